The SMILES string of the molecule is CC(=O)N1CC=C2C=CCC(N)=C21. The number of nitrogens with zero attached hydrogens (tertiary/aromatic N) is 1. The second kappa shape index (κ2) is 2.76. The zero-order valence-electron chi connectivity index (χ0n) is 7.58. The second-order valence-electron chi connectivity index (χ2n) is 3.27. The van der Waals surface area contributed by atoms with Crippen molar-refractivity contribution in [2.24, 2.45) is 5.73 Å². The molecule has 0 unspecified atom stereocenters. The average Bonchev–Trinajstić information content (AvgIpc) is 2.49. The Kier molecular flexibility index (Phi) is 1.72. The van der Waals surface area contributed by atoms with Gasteiger partial charge in [-0.2, -0.15) is 0 Å². The van der Waals surface area contributed by atoms with Crippen LogP contribution in [0.2, 0.25) is 0 Å². The summed E-state index contributed by atoms with van der Waals surface area (Å²) in [6.45, 7) is 2.22. The van der Waals surface area contributed by atoms with Crippen LogP contribution in [0, 0.1) is 0 Å². The molecule has 0 radical (unpaired) electrons. The fraction of sp³-hybridized carbons (Fsp3) is 0.300. The smallest absolute Gasteiger partial charge is 0.224 e. The summed E-state index contributed by atoms with van der Waals surface area (Å²) in [5, 5.41) is 0. The van der Waals surface area contributed by atoms with Crippen LogP contribution in [0.1, 0.15) is 13.3 Å². The van der Waals surface area contributed by atoms with Gasteiger partial charge in [-0.25, -0.2) is 0 Å². The Hall–Kier alpha value is -1.51. The van der Waals surface area contributed by atoms with E-state index in [1.807, 2.05) is 18.2 Å². The first-order valence-corrected chi connectivity index (χ1v) is 4.34. The van der Waals surface area contributed by atoms with Crippen molar-refractivity contribution in [1.29, 1.82) is 0 Å². The summed E-state index contributed by atoms with van der Waals surface area (Å²) in [5.41, 5.74) is 8.63. The van der Waals surface area contributed by atoms with Crippen LogP contribution in [0.3, 0.4) is 0 Å². The van der Waals surface area contributed by atoms with Crippen molar-refractivity contribution in [3.05, 3.63) is 35.2 Å². The van der Waals surface area contributed by atoms with Gasteiger partial charge in [0.2, 0.25) is 5.91 Å². The zero-order chi connectivity index (χ0) is 9.42. The van der Waals surface area contributed by atoms with E-state index in [0.717, 1.165) is 23.4 Å². The highest BCUT2D eigenvalue weighted by molar-refractivity contribution is 5.78. The highest BCUT2D eigenvalue weighted by atomic mass is 16.2. The first-order valence-electron chi connectivity index (χ1n) is 4.34. The molecule has 0 atom stereocenters. The number of allylic oxidation sites excluding steroid dienone is 2. The maximum Gasteiger partial charge on any atom is 0.224 e. The number of rotatable bonds is 0. The molecule has 0 aromatic rings. The minimum Gasteiger partial charge on any atom is -0.400 e. The molecule has 0 saturated heterocycles. The van der Waals surface area contributed by atoms with E-state index in [2.05, 4.69) is 0 Å². The monoisotopic (exact) mass is 176 g/mol. The quantitative estimate of drug-likeness (QED) is 0.596. The molecule has 1 heterocycles. The van der Waals surface area contributed by atoms with Crippen LogP contribution in [-0.4, -0.2) is 17.4 Å². The van der Waals surface area contributed by atoms with Gasteiger partial charge in [-0.3, -0.25) is 4.79 Å². The maximum absolute atomic E-state index is 11.2. The zero-order valence-corrected chi connectivity index (χ0v) is 7.58. The van der Waals surface area contributed by atoms with Gasteiger partial charge < -0.3 is 10.6 Å². The molecule has 1 aliphatic carbocycles. The Morgan fingerprint density at radius 3 is 3.08 bits per heavy atom. The summed E-state index contributed by atoms with van der Waals surface area (Å²) >= 11 is 0. The molecule has 0 saturated carbocycles. The topological polar surface area (TPSA) is 46.3 Å². The molecule has 2 N–H and O–H groups in total. The summed E-state index contributed by atoms with van der Waals surface area (Å²) in [6, 6.07) is 0. The Bertz CT molecular complexity index is 350. The lowest BCUT2D eigenvalue weighted by Gasteiger charge is -2.21. The summed E-state index contributed by atoms with van der Waals surface area (Å²) < 4.78 is 0. The summed E-state index contributed by atoms with van der Waals surface area (Å²) in [4.78, 5) is 12.9. The van der Waals surface area contributed by atoms with E-state index in [1.54, 1.807) is 11.8 Å². The molecule has 0 aromatic heterocycles. The van der Waals surface area contributed by atoms with E-state index in [4.69, 9.17) is 5.73 Å². The van der Waals surface area contributed by atoms with Crippen molar-refractivity contribution in [3.8, 4) is 0 Å². The Labute approximate surface area is 77.2 Å². The average molecular weight is 176 g/mol. The number of hydrogen-bond donors (Lipinski definition) is 1. The predicted octanol–water partition coefficient (Wildman–Crippen LogP) is 0.905. The van der Waals surface area contributed by atoms with Gasteiger partial charge >= 0.3 is 0 Å². The van der Waals surface area contributed by atoms with Crippen LogP contribution < -0.4 is 5.73 Å². The molecular weight excluding hydrogens is 164 g/mol. The van der Waals surface area contributed by atoms with Crippen LogP contribution in [0.5, 0.6) is 0 Å². The van der Waals surface area contributed by atoms with Gasteiger partial charge in [-0.05, 0) is 5.57 Å². The van der Waals surface area contributed by atoms with Gasteiger partial charge in [0.15, 0.2) is 0 Å². The molecule has 0 aromatic carbocycles. The van der Waals surface area contributed by atoms with E-state index in [-0.39, 0.29) is 5.91 Å². The highest BCUT2D eigenvalue weighted by Crippen LogP contribution is 2.29. The molecule has 3 nitrogen and oxygen atoms in total. The fourth-order valence-electron chi connectivity index (χ4n) is 1.73. The van der Waals surface area contributed by atoms with Crippen molar-refractivity contribution in [2.75, 3.05) is 6.54 Å². The lowest BCUT2D eigenvalue weighted by Crippen LogP contribution is -2.27. The molecule has 0 bridgehead atoms. The molecule has 0 fully saturated rings. The van der Waals surface area contributed by atoms with Gasteiger partial charge in [-0.1, -0.05) is 18.2 Å². The highest BCUT2D eigenvalue weighted by Gasteiger charge is 2.25. The minimum atomic E-state index is 0.0551. The third-order valence-corrected chi connectivity index (χ3v) is 2.36. The first kappa shape index (κ1) is 8.10. The van der Waals surface area contributed by atoms with Gasteiger partial charge in [-0.15, -0.1) is 0 Å². The normalized spacial score (nSPS) is 20.4. The molecular formula is C10H12N2O. The van der Waals surface area contributed by atoms with E-state index in [1.165, 1.54) is 0 Å². The first-order chi connectivity index (χ1) is 6.20. The van der Waals surface area contributed by atoms with Crippen LogP contribution in [-0.2, 0) is 4.79 Å². The molecule has 1 amide bonds. The molecule has 68 valence electrons. The largest absolute Gasteiger partial charge is 0.400 e. The summed E-state index contributed by atoms with van der Waals surface area (Å²) in [6.07, 6.45) is 6.82. The van der Waals surface area contributed by atoms with Gasteiger partial charge in [0.05, 0.1) is 5.70 Å². The lowest BCUT2D eigenvalue weighted by molar-refractivity contribution is -0.126. The maximum atomic E-state index is 11.2. The van der Waals surface area contributed by atoms with Crippen molar-refractivity contribution < 1.29 is 4.79 Å². The molecule has 13 heavy (non-hydrogen) atoms. The van der Waals surface area contributed by atoms with Crippen LogP contribution in [0.25, 0.3) is 0 Å². The van der Waals surface area contributed by atoms with Crippen molar-refractivity contribution in [1.82, 2.24) is 4.90 Å². The van der Waals surface area contributed by atoms with E-state index >= 15 is 0 Å². The number of nitrogens with two attached hydrogens (primary N) is 1. The van der Waals surface area contributed by atoms with Crippen LogP contribution in [0.15, 0.2) is 35.2 Å². The molecule has 3 heteroatoms. The molecule has 2 rings (SSSR count). The van der Waals surface area contributed by atoms with E-state index in [0.29, 0.717) is 6.54 Å². The molecule has 1 aliphatic heterocycles. The fourth-order valence-corrected chi connectivity index (χ4v) is 1.73. The number of carbonyl (C=O) groups is 1. The van der Waals surface area contributed by atoms with Crippen molar-refractivity contribution >= 4 is 5.91 Å². The van der Waals surface area contributed by atoms with Crippen molar-refractivity contribution in [3.63, 3.8) is 0 Å². The Balaban J connectivity index is 2.40. The second-order valence-corrected chi connectivity index (χ2v) is 3.27. The minimum absolute atomic E-state index is 0.0551. The van der Waals surface area contributed by atoms with Crippen LogP contribution in [0.4, 0.5) is 0 Å². The number of fused-ring (bicyclic) bond motifs is 1. The lowest BCUT2D eigenvalue weighted by atomic mass is 10.0. The summed E-state index contributed by atoms with van der Waals surface area (Å²) in [7, 11) is 0. The summed E-state index contributed by atoms with van der Waals surface area (Å²) in [5.74, 6) is 0.0551. The standard InChI is InChI=1S/C10H12N2O/c1-7(13)12-6-5-8-3-2-4-9(11)10(8)12/h2-3,5H,4,6,11H2,1H3. The van der Waals surface area contributed by atoms with Gasteiger partial charge in [0.25, 0.3) is 0 Å². The van der Waals surface area contributed by atoms with Crippen LogP contribution >= 0.6 is 0 Å². The third-order valence-electron chi connectivity index (χ3n) is 2.36. The number of amides is 1. The Morgan fingerprint density at radius 2 is 2.38 bits per heavy atom. The van der Waals surface area contributed by atoms with E-state index < -0.39 is 0 Å². The number of hydrogen-bond acceptors (Lipinski definition) is 2. The van der Waals surface area contributed by atoms with Gasteiger partial charge in [0.1, 0.15) is 0 Å². The Morgan fingerprint density at radius 1 is 1.62 bits per heavy atom. The predicted molar refractivity (Wildman–Crippen MR) is 50.4 cm³/mol. The third kappa shape index (κ3) is 1.16. The molecule has 2 aliphatic rings. The van der Waals surface area contributed by atoms with Gasteiger partial charge in [0, 0.05) is 25.6 Å². The van der Waals surface area contributed by atoms with Crippen molar-refractivity contribution in [2.45, 2.75) is 13.3 Å². The van der Waals surface area contributed by atoms with E-state index in [9.17, 15) is 4.79 Å². The molecule has 0 spiro atoms. The number of carbonyl (C=O) groups excluding carboxylic acids is 1.